The first-order valence-corrected chi connectivity index (χ1v) is 8.46. The summed E-state index contributed by atoms with van der Waals surface area (Å²) in [6.07, 6.45) is 3.81. The molecule has 1 aromatic heterocycles. The number of anilines is 1. The highest BCUT2D eigenvalue weighted by Gasteiger charge is 2.11. The number of thioether (sulfide) groups is 1. The van der Waals surface area contributed by atoms with Crippen molar-refractivity contribution in [1.82, 2.24) is 10.2 Å². The molecule has 0 bridgehead atoms. The molecule has 0 radical (unpaired) electrons. The Labute approximate surface area is 121 Å². The van der Waals surface area contributed by atoms with Crippen LogP contribution >= 0.6 is 23.1 Å². The molecule has 0 amide bonds. The molecule has 1 heterocycles. The average Bonchev–Trinajstić information content (AvgIpc) is 3.04. The number of nitrogens with one attached hydrogen (secondary N) is 1. The van der Waals surface area contributed by atoms with Crippen molar-refractivity contribution < 1.29 is 0 Å². The van der Waals surface area contributed by atoms with Gasteiger partial charge in [0.2, 0.25) is 5.13 Å². The predicted octanol–water partition coefficient (Wildman–Crippen LogP) is 3.75. The zero-order valence-corrected chi connectivity index (χ0v) is 12.6. The van der Waals surface area contributed by atoms with Crippen molar-refractivity contribution in [2.45, 2.75) is 36.8 Å². The molecule has 1 aliphatic rings. The molecular formula is C14H17N3S2. The summed E-state index contributed by atoms with van der Waals surface area (Å²) in [5.74, 6) is 0.905. The molecule has 100 valence electrons. The quantitative estimate of drug-likeness (QED) is 0.851. The van der Waals surface area contributed by atoms with Crippen LogP contribution in [0, 0.1) is 0 Å². The smallest absolute Gasteiger partial charge is 0.205 e. The Morgan fingerprint density at radius 3 is 3.05 bits per heavy atom. The van der Waals surface area contributed by atoms with E-state index in [0.29, 0.717) is 0 Å². The van der Waals surface area contributed by atoms with Crippen LogP contribution < -0.4 is 5.32 Å². The normalized spacial score (nSPS) is 13.5. The summed E-state index contributed by atoms with van der Waals surface area (Å²) in [5, 5.41) is 13.5. The number of fused-ring (bicyclic) bond motifs is 1. The molecule has 0 atom stereocenters. The zero-order chi connectivity index (χ0) is 13.1. The van der Waals surface area contributed by atoms with Gasteiger partial charge < -0.3 is 5.32 Å². The molecule has 2 aromatic rings. The van der Waals surface area contributed by atoms with Crippen LogP contribution in [0.25, 0.3) is 0 Å². The van der Waals surface area contributed by atoms with E-state index in [1.54, 1.807) is 11.3 Å². The summed E-state index contributed by atoms with van der Waals surface area (Å²) < 4.78 is 0. The molecule has 19 heavy (non-hydrogen) atoms. The predicted molar refractivity (Wildman–Crippen MR) is 82.1 cm³/mol. The molecule has 0 saturated carbocycles. The maximum Gasteiger partial charge on any atom is 0.205 e. The van der Waals surface area contributed by atoms with Crippen LogP contribution in [0.4, 0.5) is 5.13 Å². The van der Waals surface area contributed by atoms with Gasteiger partial charge in [0.1, 0.15) is 5.01 Å². The van der Waals surface area contributed by atoms with Crippen molar-refractivity contribution in [2.24, 2.45) is 0 Å². The van der Waals surface area contributed by atoms with E-state index in [1.165, 1.54) is 35.3 Å². The first-order chi connectivity index (χ1) is 9.35. The van der Waals surface area contributed by atoms with Gasteiger partial charge >= 0.3 is 0 Å². The number of hydrogen-bond donors (Lipinski definition) is 1. The van der Waals surface area contributed by atoms with E-state index < -0.39 is 0 Å². The first kappa shape index (κ1) is 12.9. The minimum absolute atomic E-state index is 0.895. The molecule has 1 N–H and O–H groups in total. The van der Waals surface area contributed by atoms with Crippen LogP contribution in [0.1, 0.15) is 29.5 Å². The van der Waals surface area contributed by atoms with Crippen molar-refractivity contribution in [3.05, 3.63) is 34.3 Å². The summed E-state index contributed by atoms with van der Waals surface area (Å²) in [5.41, 5.74) is 3.07. The standard InChI is InChI=1S/C14H17N3S2/c1-2-15-14-17-16-13(19-14)9-18-12-7-6-10-4-3-5-11(10)8-12/h6-8H,2-5,9H2,1H3,(H,15,17). The number of nitrogens with zero attached hydrogens (tertiary/aromatic N) is 2. The van der Waals surface area contributed by atoms with Gasteiger partial charge in [-0.15, -0.1) is 22.0 Å². The van der Waals surface area contributed by atoms with E-state index >= 15 is 0 Å². The largest absolute Gasteiger partial charge is 0.360 e. The van der Waals surface area contributed by atoms with E-state index in [9.17, 15) is 0 Å². The maximum atomic E-state index is 4.21. The first-order valence-electron chi connectivity index (χ1n) is 6.66. The highest BCUT2D eigenvalue weighted by Crippen LogP contribution is 2.30. The summed E-state index contributed by atoms with van der Waals surface area (Å²) in [6.45, 7) is 2.97. The van der Waals surface area contributed by atoms with E-state index in [2.05, 4.69) is 40.6 Å². The lowest BCUT2D eigenvalue weighted by molar-refractivity contribution is 0.911. The Hall–Kier alpha value is -1.07. The van der Waals surface area contributed by atoms with Crippen LogP contribution in [0.2, 0.25) is 0 Å². The Morgan fingerprint density at radius 2 is 2.16 bits per heavy atom. The Kier molecular flexibility index (Phi) is 4.03. The van der Waals surface area contributed by atoms with Gasteiger partial charge in [-0.1, -0.05) is 17.4 Å². The van der Waals surface area contributed by atoms with Gasteiger partial charge in [0, 0.05) is 11.4 Å². The zero-order valence-electron chi connectivity index (χ0n) is 11.0. The third-order valence-electron chi connectivity index (χ3n) is 3.23. The van der Waals surface area contributed by atoms with Crippen LogP contribution in [-0.2, 0) is 18.6 Å². The Morgan fingerprint density at radius 1 is 1.26 bits per heavy atom. The van der Waals surface area contributed by atoms with Crippen molar-refractivity contribution in [3.8, 4) is 0 Å². The summed E-state index contributed by atoms with van der Waals surface area (Å²) >= 11 is 3.50. The van der Waals surface area contributed by atoms with Gasteiger partial charge in [-0.2, -0.15) is 0 Å². The Bertz CT molecular complexity index is 566. The molecule has 5 heteroatoms. The fourth-order valence-electron chi connectivity index (χ4n) is 2.32. The summed E-state index contributed by atoms with van der Waals surface area (Å²) in [7, 11) is 0. The van der Waals surface area contributed by atoms with Gasteiger partial charge in [-0.25, -0.2) is 0 Å². The average molecular weight is 291 g/mol. The van der Waals surface area contributed by atoms with Gasteiger partial charge in [0.15, 0.2) is 0 Å². The number of hydrogen-bond acceptors (Lipinski definition) is 5. The molecule has 1 aromatic carbocycles. The lowest BCUT2D eigenvalue weighted by Crippen LogP contribution is -1.94. The monoisotopic (exact) mass is 291 g/mol. The van der Waals surface area contributed by atoms with E-state index in [-0.39, 0.29) is 0 Å². The molecule has 0 spiro atoms. The van der Waals surface area contributed by atoms with Crippen LogP contribution in [0.5, 0.6) is 0 Å². The highest BCUT2D eigenvalue weighted by molar-refractivity contribution is 7.98. The van der Waals surface area contributed by atoms with Gasteiger partial charge in [-0.05, 0) is 49.4 Å². The van der Waals surface area contributed by atoms with Crippen LogP contribution in [0.15, 0.2) is 23.1 Å². The van der Waals surface area contributed by atoms with E-state index in [0.717, 1.165) is 22.4 Å². The van der Waals surface area contributed by atoms with Crippen LogP contribution in [0.3, 0.4) is 0 Å². The molecular weight excluding hydrogens is 274 g/mol. The van der Waals surface area contributed by atoms with Gasteiger partial charge in [0.05, 0.1) is 5.75 Å². The highest BCUT2D eigenvalue weighted by atomic mass is 32.2. The fourth-order valence-corrected chi connectivity index (χ4v) is 4.07. The summed E-state index contributed by atoms with van der Waals surface area (Å²) in [4.78, 5) is 1.35. The van der Waals surface area contributed by atoms with Crippen molar-refractivity contribution in [2.75, 3.05) is 11.9 Å². The second kappa shape index (κ2) is 5.92. The third kappa shape index (κ3) is 3.09. The second-order valence-corrected chi connectivity index (χ2v) is 6.71. The van der Waals surface area contributed by atoms with Crippen LogP contribution in [-0.4, -0.2) is 16.7 Å². The Balaban J connectivity index is 1.62. The number of benzene rings is 1. The molecule has 3 nitrogen and oxygen atoms in total. The fraction of sp³-hybridized carbons (Fsp3) is 0.429. The SMILES string of the molecule is CCNc1nnc(CSc2ccc3c(c2)CCC3)s1. The van der Waals surface area contributed by atoms with Crippen molar-refractivity contribution >= 4 is 28.2 Å². The van der Waals surface area contributed by atoms with Gasteiger partial charge in [0.25, 0.3) is 0 Å². The molecule has 1 aliphatic carbocycles. The number of aryl methyl sites for hydroxylation is 2. The number of aromatic nitrogens is 2. The van der Waals surface area contributed by atoms with Crippen molar-refractivity contribution in [1.29, 1.82) is 0 Å². The maximum absolute atomic E-state index is 4.21. The lowest BCUT2D eigenvalue weighted by Gasteiger charge is -2.03. The summed E-state index contributed by atoms with van der Waals surface area (Å²) in [6, 6.07) is 6.87. The topological polar surface area (TPSA) is 37.8 Å². The van der Waals surface area contributed by atoms with Gasteiger partial charge in [-0.3, -0.25) is 0 Å². The molecule has 0 saturated heterocycles. The molecule has 0 aliphatic heterocycles. The van der Waals surface area contributed by atoms with E-state index in [4.69, 9.17) is 0 Å². The molecule has 3 rings (SSSR count). The molecule has 0 unspecified atom stereocenters. The minimum Gasteiger partial charge on any atom is -0.360 e. The second-order valence-electron chi connectivity index (χ2n) is 4.60. The lowest BCUT2D eigenvalue weighted by atomic mass is 10.1. The minimum atomic E-state index is 0.895. The van der Waals surface area contributed by atoms with E-state index in [1.807, 2.05) is 11.8 Å². The number of rotatable bonds is 5. The third-order valence-corrected chi connectivity index (χ3v) is 5.30. The van der Waals surface area contributed by atoms with Crippen molar-refractivity contribution in [3.63, 3.8) is 0 Å². The molecule has 0 fully saturated rings.